The fourth-order valence-corrected chi connectivity index (χ4v) is 3.43. The van der Waals surface area contributed by atoms with Gasteiger partial charge in [-0.05, 0) is 52.9 Å². The molecule has 26 heavy (non-hydrogen) atoms. The highest BCUT2D eigenvalue weighted by molar-refractivity contribution is 5.96. The number of anilines is 1. The first-order valence-corrected chi connectivity index (χ1v) is 8.92. The Morgan fingerprint density at radius 1 is 1.19 bits per heavy atom. The van der Waals surface area contributed by atoms with Crippen molar-refractivity contribution in [2.45, 2.75) is 32.6 Å². The molecule has 0 radical (unpaired) electrons. The maximum atomic E-state index is 12.8. The Hall–Kier alpha value is -3.02. The number of nitrogens with zero attached hydrogens (tertiary/aromatic N) is 4. The van der Waals surface area contributed by atoms with Crippen molar-refractivity contribution < 1.29 is 4.79 Å². The minimum atomic E-state index is 0.0173. The van der Waals surface area contributed by atoms with E-state index >= 15 is 0 Å². The van der Waals surface area contributed by atoms with Crippen LogP contribution >= 0.6 is 0 Å². The molecule has 1 fully saturated rings. The molecular weight excluding hydrogens is 326 g/mol. The fourth-order valence-electron chi connectivity index (χ4n) is 3.43. The Balaban J connectivity index is 1.54. The van der Waals surface area contributed by atoms with Crippen LogP contribution < -0.4 is 5.32 Å². The average molecular weight is 347 g/mol. The molecule has 0 unspecified atom stereocenters. The van der Waals surface area contributed by atoms with Crippen LogP contribution in [-0.4, -0.2) is 26.1 Å². The first-order chi connectivity index (χ1) is 12.7. The van der Waals surface area contributed by atoms with E-state index in [1.165, 1.54) is 11.1 Å². The number of hydrogen-bond donors (Lipinski definition) is 1. The van der Waals surface area contributed by atoms with E-state index in [9.17, 15) is 4.79 Å². The SMILES string of the molecule is CCc1nnnn1-c1ccccc1NC(=O)[C@@H]1C[C@H]1c1ccccc1C. The topological polar surface area (TPSA) is 72.7 Å². The third kappa shape index (κ3) is 2.98. The van der Waals surface area contributed by atoms with E-state index < -0.39 is 0 Å². The van der Waals surface area contributed by atoms with Gasteiger partial charge in [0.2, 0.25) is 5.91 Å². The number of tetrazole rings is 1. The van der Waals surface area contributed by atoms with E-state index in [2.05, 4.69) is 39.9 Å². The quantitative estimate of drug-likeness (QED) is 0.769. The third-order valence-electron chi connectivity index (χ3n) is 4.96. The normalized spacial score (nSPS) is 18.5. The molecule has 1 amide bonds. The van der Waals surface area contributed by atoms with E-state index in [-0.39, 0.29) is 11.8 Å². The van der Waals surface area contributed by atoms with Crippen LogP contribution in [0.15, 0.2) is 48.5 Å². The summed E-state index contributed by atoms with van der Waals surface area (Å²) < 4.78 is 1.68. The molecule has 3 aromatic rings. The molecule has 1 aromatic heterocycles. The van der Waals surface area contributed by atoms with Gasteiger partial charge in [-0.15, -0.1) is 5.10 Å². The van der Waals surface area contributed by atoms with E-state index in [4.69, 9.17) is 0 Å². The van der Waals surface area contributed by atoms with Gasteiger partial charge < -0.3 is 5.32 Å². The van der Waals surface area contributed by atoms with Gasteiger partial charge in [-0.2, -0.15) is 4.68 Å². The monoisotopic (exact) mass is 347 g/mol. The summed E-state index contributed by atoms with van der Waals surface area (Å²) in [6, 6.07) is 15.9. The lowest BCUT2D eigenvalue weighted by atomic mass is 10.0. The summed E-state index contributed by atoms with van der Waals surface area (Å²) in [5, 5.41) is 14.9. The Bertz CT molecular complexity index is 949. The first kappa shape index (κ1) is 16.4. The van der Waals surface area contributed by atoms with Crippen LogP contribution in [0.1, 0.15) is 36.2 Å². The second-order valence-electron chi connectivity index (χ2n) is 6.67. The van der Waals surface area contributed by atoms with Crippen LogP contribution in [-0.2, 0) is 11.2 Å². The molecule has 0 aliphatic heterocycles. The number of hydrogen-bond acceptors (Lipinski definition) is 4. The maximum Gasteiger partial charge on any atom is 0.228 e. The van der Waals surface area contributed by atoms with Gasteiger partial charge in [-0.25, -0.2) is 0 Å². The van der Waals surface area contributed by atoms with Gasteiger partial charge in [-0.1, -0.05) is 43.3 Å². The van der Waals surface area contributed by atoms with Crippen LogP contribution in [0, 0.1) is 12.8 Å². The van der Waals surface area contributed by atoms with E-state index in [0.29, 0.717) is 12.3 Å². The maximum absolute atomic E-state index is 12.8. The third-order valence-corrected chi connectivity index (χ3v) is 4.96. The molecule has 4 rings (SSSR count). The number of nitrogens with one attached hydrogen (secondary N) is 1. The van der Waals surface area contributed by atoms with Crippen molar-refractivity contribution >= 4 is 11.6 Å². The summed E-state index contributed by atoms with van der Waals surface area (Å²) in [6.45, 7) is 4.10. The number of carbonyl (C=O) groups excluding carboxylic acids is 1. The molecule has 1 saturated carbocycles. The summed E-state index contributed by atoms with van der Waals surface area (Å²) in [7, 11) is 0. The second-order valence-corrected chi connectivity index (χ2v) is 6.67. The zero-order valence-corrected chi connectivity index (χ0v) is 14.9. The minimum Gasteiger partial charge on any atom is -0.324 e. The summed E-state index contributed by atoms with van der Waals surface area (Å²) in [5.41, 5.74) is 4.04. The molecule has 2 aromatic carbocycles. The lowest BCUT2D eigenvalue weighted by Crippen LogP contribution is -2.17. The second kappa shape index (κ2) is 6.71. The number of carbonyl (C=O) groups is 1. The fraction of sp³-hybridized carbons (Fsp3) is 0.300. The Labute approximate surface area is 152 Å². The number of aromatic nitrogens is 4. The zero-order chi connectivity index (χ0) is 18.1. The van der Waals surface area contributed by atoms with Crippen LogP contribution in [0.4, 0.5) is 5.69 Å². The molecule has 2 atom stereocenters. The lowest BCUT2D eigenvalue weighted by Gasteiger charge is -2.12. The van der Waals surface area contributed by atoms with E-state index in [0.717, 1.165) is 23.6 Å². The molecule has 1 aliphatic rings. The van der Waals surface area contributed by atoms with Crippen molar-refractivity contribution in [1.29, 1.82) is 0 Å². The van der Waals surface area contributed by atoms with Crippen LogP contribution in [0.3, 0.4) is 0 Å². The molecule has 1 heterocycles. The highest BCUT2D eigenvalue weighted by atomic mass is 16.2. The Morgan fingerprint density at radius 2 is 1.96 bits per heavy atom. The van der Waals surface area contributed by atoms with E-state index in [1.54, 1.807) is 4.68 Å². The van der Waals surface area contributed by atoms with Gasteiger partial charge in [0.1, 0.15) is 0 Å². The summed E-state index contributed by atoms with van der Waals surface area (Å²) in [4.78, 5) is 12.8. The zero-order valence-electron chi connectivity index (χ0n) is 14.9. The average Bonchev–Trinajstić information content (AvgIpc) is 3.31. The molecule has 0 bridgehead atoms. The summed E-state index contributed by atoms with van der Waals surface area (Å²) in [5.74, 6) is 1.14. The summed E-state index contributed by atoms with van der Waals surface area (Å²) >= 11 is 0. The van der Waals surface area contributed by atoms with Gasteiger partial charge in [-0.3, -0.25) is 4.79 Å². The van der Waals surface area contributed by atoms with Crippen molar-refractivity contribution in [1.82, 2.24) is 20.2 Å². The molecular formula is C20H21N5O. The number of benzene rings is 2. The van der Waals surface area contributed by atoms with Gasteiger partial charge in [0.15, 0.2) is 5.82 Å². The van der Waals surface area contributed by atoms with Crippen molar-refractivity contribution in [2.75, 3.05) is 5.32 Å². The summed E-state index contributed by atoms with van der Waals surface area (Å²) in [6.07, 6.45) is 1.61. The number of aryl methyl sites for hydroxylation is 2. The number of amides is 1. The predicted molar refractivity (Wildman–Crippen MR) is 99.2 cm³/mol. The van der Waals surface area contributed by atoms with Gasteiger partial charge in [0, 0.05) is 12.3 Å². The lowest BCUT2D eigenvalue weighted by molar-refractivity contribution is -0.117. The number of rotatable bonds is 5. The Morgan fingerprint density at radius 3 is 2.77 bits per heavy atom. The van der Waals surface area contributed by atoms with Crippen molar-refractivity contribution in [3.8, 4) is 5.69 Å². The minimum absolute atomic E-state index is 0.0173. The molecule has 1 aliphatic carbocycles. The first-order valence-electron chi connectivity index (χ1n) is 8.92. The number of para-hydroxylation sites is 2. The van der Waals surface area contributed by atoms with Crippen LogP contribution in [0.25, 0.3) is 5.69 Å². The molecule has 132 valence electrons. The standard InChI is InChI=1S/C20H21N5O/c1-3-19-22-23-24-25(19)18-11-7-6-10-17(18)21-20(26)16-12-15(16)14-9-5-4-8-13(14)2/h4-11,15-16H,3,12H2,1-2H3,(H,21,26)/t15-,16+/m0/s1. The van der Waals surface area contributed by atoms with Crippen molar-refractivity contribution in [3.05, 3.63) is 65.5 Å². The molecule has 0 saturated heterocycles. The highest BCUT2D eigenvalue weighted by Crippen LogP contribution is 2.49. The highest BCUT2D eigenvalue weighted by Gasteiger charge is 2.44. The molecule has 6 heteroatoms. The van der Waals surface area contributed by atoms with Gasteiger partial charge >= 0.3 is 0 Å². The Kier molecular flexibility index (Phi) is 4.24. The predicted octanol–water partition coefficient (Wildman–Crippen LogP) is 3.28. The molecule has 1 N–H and O–H groups in total. The van der Waals surface area contributed by atoms with Crippen molar-refractivity contribution in [2.24, 2.45) is 5.92 Å². The van der Waals surface area contributed by atoms with Crippen LogP contribution in [0.2, 0.25) is 0 Å². The largest absolute Gasteiger partial charge is 0.324 e. The molecule has 6 nitrogen and oxygen atoms in total. The van der Waals surface area contributed by atoms with E-state index in [1.807, 2.05) is 43.3 Å². The van der Waals surface area contributed by atoms with Crippen LogP contribution in [0.5, 0.6) is 0 Å². The van der Waals surface area contributed by atoms with Gasteiger partial charge in [0.25, 0.3) is 0 Å². The van der Waals surface area contributed by atoms with Crippen molar-refractivity contribution in [3.63, 3.8) is 0 Å². The molecule has 0 spiro atoms. The van der Waals surface area contributed by atoms with Gasteiger partial charge in [0.05, 0.1) is 11.4 Å². The smallest absolute Gasteiger partial charge is 0.228 e.